The zero-order chi connectivity index (χ0) is 13.4. The Bertz CT molecular complexity index is 494. The first-order chi connectivity index (χ1) is 9.13. The molecule has 1 unspecified atom stereocenters. The van der Waals surface area contributed by atoms with Gasteiger partial charge in [0.1, 0.15) is 0 Å². The minimum Gasteiger partial charge on any atom is -0.397 e. The highest BCUT2D eigenvalue weighted by molar-refractivity contribution is 5.94. The number of carbonyl (C=O) groups excluding carboxylic acids is 1. The van der Waals surface area contributed by atoms with Crippen molar-refractivity contribution < 1.29 is 4.79 Å². The van der Waals surface area contributed by atoms with Crippen LogP contribution in [0.2, 0.25) is 0 Å². The van der Waals surface area contributed by atoms with E-state index in [0.717, 1.165) is 18.2 Å². The van der Waals surface area contributed by atoms with Crippen LogP contribution < -0.4 is 16.8 Å². The second kappa shape index (κ2) is 4.74. The number of nitrogens with two attached hydrogens (primary N) is 2. The number of benzene rings is 1. The van der Waals surface area contributed by atoms with E-state index in [2.05, 4.69) is 10.2 Å². The van der Waals surface area contributed by atoms with Gasteiger partial charge >= 0.3 is 0 Å². The average Bonchev–Trinajstić information content (AvgIpc) is 2.42. The van der Waals surface area contributed by atoms with Gasteiger partial charge in [0, 0.05) is 18.2 Å². The van der Waals surface area contributed by atoms with Crippen molar-refractivity contribution in [1.29, 1.82) is 0 Å². The molecule has 0 aliphatic carbocycles. The molecule has 1 aromatic carbocycles. The fraction of sp³-hybridized carbons (Fsp3) is 0.500. The molecule has 4 rings (SSSR count). The van der Waals surface area contributed by atoms with E-state index in [9.17, 15) is 4.79 Å². The van der Waals surface area contributed by atoms with Gasteiger partial charge in [-0.15, -0.1) is 0 Å². The zero-order valence-electron chi connectivity index (χ0n) is 10.9. The molecule has 3 saturated heterocycles. The van der Waals surface area contributed by atoms with Crippen molar-refractivity contribution in [1.82, 2.24) is 4.90 Å². The molecule has 5 nitrogen and oxygen atoms in total. The number of rotatable bonds is 3. The highest BCUT2D eigenvalue weighted by Gasteiger charge is 2.34. The van der Waals surface area contributed by atoms with Crippen LogP contribution >= 0.6 is 0 Å². The SMILES string of the molecule is NC(=O)c1ccc(NC2CN3CCC2CC3)c(N)c1. The highest BCUT2D eigenvalue weighted by atomic mass is 16.1. The van der Waals surface area contributed by atoms with Gasteiger partial charge in [0.15, 0.2) is 0 Å². The Morgan fingerprint density at radius 3 is 2.58 bits per heavy atom. The van der Waals surface area contributed by atoms with Crippen molar-refractivity contribution in [2.45, 2.75) is 18.9 Å². The minimum absolute atomic E-state index is 0.443. The van der Waals surface area contributed by atoms with Crippen molar-refractivity contribution in [3.63, 3.8) is 0 Å². The molecule has 102 valence electrons. The standard InChI is InChI=1S/C14H20N4O/c15-11-7-10(14(16)19)1-2-12(11)17-13-8-18-5-3-9(13)4-6-18/h1-2,7,9,13,17H,3-6,8,15H2,(H2,16,19). The lowest BCUT2D eigenvalue weighted by Gasteiger charge is -2.45. The van der Waals surface area contributed by atoms with Crippen molar-refractivity contribution in [2.75, 3.05) is 30.7 Å². The van der Waals surface area contributed by atoms with E-state index in [1.807, 2.05) is 6.07 Å². The molecule has 1 aromatic rings. The predicted molar refractivity (Wildman–Crippen MR) is 75.9 cm³/mol. The van der Waals surface area contributed by atoms with Crippen molar-refractivity contribution in [3.8, 4) is 0 Å². The summed E-state index contributed by atoms with van der Waals surface area (Å²) in [5.41, 5.74) is 13.2. The molecule has 5 N–H and O–H groups in total. The Labute approximate surface area is 112 Å². The van der Waals surface area contributed by atoms with Gasteiger partial charge in [0.2, 0.25) is 5.91 Å². The third kappa shape index (κ3) is 2.38. The Morgan fingerprint density at radius 1 is 1.32 bits per heavy atom. The number of nitrogens with one attached hydrogen (secondary N) is 1. The monoisotopic (exact) mass is 260 g/mol. The van der Waals surface area contributed by atoms with Crippen LogP contribution in [0.5, 0.6) is 0 Å². The van der Waals surface area contributed by atoms with Crippen LogP contribution in [0, 0.1) is 5.92 Å². The molecule has 0 radical (unpaired) electrons. The van der Waals surface area contributed by atoms with Crippen LogP contribution in [-0.2, 0) is 0 Å². The lowest BCUT2D eigenvalue weighted by atomic mass is 9.84. The molecular formula is C14H20N4O. The number of amides is 1. The second-order valence-corrected chi connectivity index (χ2v) is 5.56. The molecule has 3 fully saturated rings. The van der Waals surface area contributed by atoms with Gasteiger partial charge in [-0.2, -0.15) is 0 Å². The van der Waals surface area contributed by atoms with Crippen LogP contribution in [0.3, 0.4) is 0 Å². The summed E-state index contributed by atoms with van der Waals surface area (Å²) in [5.74, 6) is 0.293. The number of fused-ring (bicyclic) bond motifs is 3. The molecule has 1 atom stereocenters. The summed E-state index contributed by atoms with van der Waals surface area (Å²) in [6, 6.07) is 5.69. The van der Waals surface area contributed by atoms with Crippen LogP contribution in [-0.4, -0.2) is 36.5 Å². The molecule has 1 amide bonds. The van der Waals surface area contributed by atoms with Crippen LogP contribution in [0.25, 0.3) is 0 Å². The summed E-state index contributed by atoms with van der Waals surface area (Å²) in [6.45, 7) is 3.53. The van der Waals surface area contributed by atoms with Crippen molar-refractivity contribution in [2.24, 2.45) is 11.7 Å². The number of nitrogens with zero attached hydrogens (tertiary/aromatic N) is 1. The molecule has 3 heterocycles. The average molecular weight is 260 g/mol. The maximum absolute atomic E-state index is 11.1. The number of carbonyl (C=O) groups is 1. The van der Waals surface area contributed by atoms with Gasteiger partial charge in [-0.3, -0.25) is 4.79 Å². The first-order valence-corrected chi connectivity index (χ1v) is 6.81. The van der Waals surface area contributed by atoms with Gasteiger partial charge in [0.25, 0.3) is 0 Å². The van der Waals surface area contributed by atoms with E-state index in [4.69, 9.17) is 11.5 Å². The molecular weight excluding hydrogens is 240 g/mol. The van der Waals surface area contributed by atoms with Gasteiger partial charge in [-0.05, 0) is 50.0 Å². The molecule has 3 aliphatic heterocycles. The predicted octanol–water partition coefficient (Wildman–Crippen LogP) is 0.874. The van der Waals surface area contributed by atoms with E-state index in [0.29, 0.717) is 17.3 Å². The Hall–Kier alpha value is -1.75. The molecule has 0 spiro atoms. The summed E-state index contributed by atoms with van der Waals surface area (Å²) >= 11 is 0. The summed E-state index contributed by atoms with van der Waals surface area (Å²) in [4.78, 5) is 13.6. The van der Waals surface area contributed by atoms with Crippen molar-refractivity contribution >= 4 is 17.3 Å². The maximum Gasteiger partial charge on any atom is 0.248 e. The fourth-order valence-electron chi connectivity index (χ4n) is 3.18. The number of anilines is 2. The first-order valence-electron chi connectivity index (χ1n) is 6.81. The van der Waals surface area contributed by atoms with E-state index in [-0.39, 0.29) is 0 Å². The largest absolute Gasteiger partial charge is 0.397 e. The summed E-state index contributed by atoms with van der Waals surface area (Å²) in [5, 5.41) is 3.53. The summed E-state index contributed by atoms with van der Waals surface area (Å²) in [7, 11) is 0. The number of piperidine rings is 3. The van der Waals surface area contributed by atoms with Crippen LogP contribution in [0.1, 0.15) is 23.2 Å². The van der Waals surface area contributed by atoms with Gasteiger partial charge in [0.05, 0.1) is 11.4 Å². The third-order valence-corrected chi connectivity index (χ3v) is 4.33. The molecule has 5 heteroatoms. The number of nitrogen functional groups attached to an aromatic ring is 1. The molecule has 0 saturated carbocycles. The second-order valence-electron chi connectivity index (χ2n) is 5.56. The fourth-order valence-corrected chi connectivity index (χ4v) is 3.18. The molecule has 2 bridgehead atoms. The molecule has 0 aromatic heterocycles. The third-order valence-electron chi connectivity index (χ3n) is 4.33. The van der Waals surface area contributed by atoms with Crippen molar-refractivity contribution in [3.05, 3.63) is 23.8 Å². The Morgan fingerprint density at radius 2 is 2.05 bits per heavy atom. The Kier molecular flexibility index (Phi) is 3.06. The summed E-state index contributed by atoms with van der Waals surface area (Å²) in [6.07, 6.45) is 2.52. The van der Waals surface area contributed by atoms with Gasteiger partial charge < -0.3 is 21.7 Å². The zero-order valence-corrected chi connectivity index (χ0v) is 10.9. The van der Waals surface area contributed by atoms with Gasteiger partial charge in [-0.1, -0.05) is 0 Å². The van der Waals surface area contributed by atoms with E-state index in [1.165, 1.54) is 25.9 Å². The van der Waals surface area contributed by atoms with E-state index in [1.54, 1.807) is 12.1 Å². The lowest BCUT2D eigenvalue weighted by Crippen LogP contribution is -2.53. The molecule has 19 heavy (non-hydrogen) atoms. The van der Waals surface area contributed by atoms with Crippen LogP contribution in [0.4, 0.5) is 11.4 Å². The molecule has 3 aliphatic rings. The normalized spacial score (nSPS) is 29.2. The Balaban J connectivity index is 1.75. The highest BCUT2D eigenvalue weighted by Crippen LogP contribution is 2.31. The smallest absolute Gasteiger partial charge is 0.248 e. The quantitative estimate of drug-likeness (QED) is 0.704. The first kappa shape index (κ1) is 12.3. The minimum atomic E-state index is -0.443. The number of hydrogen-bond acceptors (Lipinski definition) is 4. The van der Waals surface area contributed by atoms with E-state index >= 15 is 0 Å². The summed E-state index contributed by atoms with van der Waals surface area (Å²) < 4.78 is 0. The lowest BCUT2D eigenvalue weighted by molar-refractivity contribution is 0.0975. The van der Waals surface area contributed by atoms with E-state index < -0.39 is 5.91 Å². The maximum atomic E-state index is 11.1. The number of hydrogen-bond donors (Lipinski definition) is 3. The van der Waals surface area contributed by atoms with Gasteiger partial charge in [-0.25, -0.2) is 0 Å². The topological polar surface area (TPSA) is 84.4 Å². The van der Waals surface area contributed by atoms with Crippen LogP contribution in [0.15, 0.2) is 18.2 Å². The number of primary amides is 1.